The van der Waals surface area contributed by atoms with E-state index in [9.17, 15) is 4.79 Å². The molecular weight excluding hydrogens is 407 g/mol. The number of likely N-dealkylation sites (tertiary alicyclic amines) is 1. The molecule has 2 saturated heterocycles. The van der Waals surface area contributed by atoms with Crippen molar-refractivity contribution in [2.45, 2.75) is 51.5 Å². The second-order valence-corrected chi connectivity index (χ2v) is 8.44. The Kier molecular flexibility index (Phi) is 12.1. The van der Waals surface area contributed by atoms with Crippen LogP contribution in [0.2, 0.25) is 0 Å². The molecule has 1 aromatic rings. The fraction of sp³-hybridized carbons (Fsp3) is 0.727. The molecule has 2 fully saturated rings. The molecule has 7 heteroatoms. The van der Waals surface area contributed by atoms with Crippen molar-refractivity contribution in [3.8, 4) is 0 Å². The zero-order valence-electron chi connectivity index (χ0n) is 17.9. The Morgan fingerprint density at radius 2 is 2.03 bits per heavy atom. The third-order valence-electron chi connectivity index (χ3n) is 6.54. The van der Waals surface area contributed by atoms with Crippen LogP contribution in [0.1, 0.15) is 44.7 Å². The number of aromatic nitrogens is 1. The summed E-state index contributed by atoms with van der Waals surface area (Å²) in [5.41, 5.74) is 1.16. The van der Waals surface area contributed by atoms with Crippen LogP contribution in [-0.4, -0.2) is 66.5 Å². The summed E-state index contributed by atoms with van der Waals surface area (Å²) in [5, 5.41) is 3.48. The van der Waals surface area contributed by atoms with Crippen LogP contribution in [0.25, 0.3) is 0 Å². The largest absolute Gasteiger partial charge is 0.343 e. The highest BCUT2D eigenvalue weighted by Gasteiger charge is 2.28. The van der Waals surface area contributed by atoms with Gasteiger partial charge in [-0.2, -0.15) is 0 Å². The lowest BCUT2D eigenvalue weighted by Gasteiger charge is -2.37. The Balaban J connectivity index is 0.00000210. The van der Waals surface area contributed by atoms with E-state index in [0.29, 0.717) is 30.2 Å². The van der Waals surface area contributed by atoms with Crippen LogP contribution in [0.5, 0.6) is 0 Å². The fourth-order valence-electron chi connectivity index (χ4n) is 4.50. The number of rotatable bonds is 7. The average Bonchev–Trinajstić information content (AvgIpc) is 2.73. The Bertz CT molecular complexity index is 575. The summed E-state index contributed by atoms with van der Waals surface area (Å²) in [5.74, 6) is 1.47. The first-order valence-corrected chi connectivity index (χ1v) is 10.7. The Morgan fingerprint density at radius 3 is 2.66 bits per heavy atom. The van der Waals surface area contributed by atoms with E-state index in [2.05, 4.69) is 34.3 Å². The van der Waals surface area contributed by atoms with Gasteiger partial charge in [0.05, 0.1) is 0 Å². The molecule has 2 aliphatic rings. The van der Waals surface area contributed by atoms with Crippen molar-refractivity contribution in [1.82, 2.24) is 20.1 Å². The second-order valence-electron chi connectivity index (χ2n) is 8.44. The van der Waals surface area contributed by atoms with Crippen LogP contribution in [-0.2, 0) is 11.2 Å². The minimum atomic E-state index is 0. The lowest BCUT2D eigenvalue weighted by molar-refractivity contribution is -0.134. The van der Waals surface area contributed by atoms with Crippen LogP contribution in [0, 0.1) is 11.8 Å². The highest BCUT2D eigenvalue weighted by atomic mass is 35.5. The van der Waals surface area contributed by atoms with E-state index in [-0.39, 0.29) is 24.8 Å². The van der Waals surface area contributed by atoms with Gasteiger partial charge in [0.1, 0.15) is 0 Å². The van der Waals surface area contributed by atoms with E-state index >= 15 is 0 Å². The van der Waals surface area contributed by atoms with E-state index in [4.69, 9.17) is 0 Å². The van der Waals surface area contributed by atoms with Crippen molar-refractivity contribution >= 4 is 30.7 Å². The molecule has 5 nitrogen and oxygen atoms in total. The smallest absolute Gasteiger partial charge is 0.222 e. The van der Waals surface area contributed by atoms with Gasteiger partial charge in [0.25, 0.3) is 0 Å². The van der Waals surface area contributed by atoms with Crippen LogP contribution < -0.4 is 5.32 Å². The number of nitrogens with zero attached hydrogens (tertiary/aromatic N) is 3. The molecule has 0 aliphatic carbocycles. The molecule has 166 valence electrons. The summed E-state index contributed by atoms with van der Waals surface area (Å²) >= 11 is 0. The predicted octanol–water partition coefficient (Wildman–Crippen LogP) is 3.42. The topological polar surface area (TPSA) is 48.5 Å². The molecule has 1 amide bonds. The summed E-state index contributed by atoms with van der Waals surface area (Å²) in [6.07, 6.45) is 8.26. The molecular formula is C22H38Cl2N4O. The normalized spacial score (nSPS) is 21.5. The zero-order valence-corrected chi connectivity index (χ0v) is 19.5. The van der Waals surface area contributed by atoms with Gasteiger partial charge in [0, 0.05) is 57.5 Å². The molecule has 0 spiro atoms. The van der Waals surface area contributed by atoms with Gasteiger partial charge in [-0.3, -0.25) is 9.78 Å². The van der Waals surface area contributed by atoms with Gasteiger partial charge in [-0.1, -0.05) is 13.0 Å². The van der Waals surface area contributed by atoms with Gasteiger partial charge < -0.3 is 15.1 Å². The third kappa shape index (κ3) is 8.05. The number of amides is 1. The first kappa shape index (κ1) is 26.2. The molecule has 2 atom stereocenters. The first-order valence-electron chi connectivity index (χ1n) is 10.7. The van der Waals surface area contributed by atoms with Gasteiger partial charge in [-0.25, -0.2) is 0 Å². The van der Waals surface area contributed by atoms with Crippen LogP contribution >= 0.6 is 24.8 Å². The zero-order chi connectivity index (χ0) is 19.1. The van der Waals surface area contributed by atoms with Gasteiger partial charge in [0.15, 0.2) is 0 Å². The van der Waals surface area contributed by atoms with Gasteiger partial charge in [-0.05, 0) is 62.7 Å². The maximum absolute atomic E-state index is 12.8. The van der Waals surface area contributed by atoms with Crippen LogP contribution in [0.3, 0.4) is 0 Å². The minimum Gasteiger partial charge on any atom is -0.343 e. The standard InChI is InChI=1S/C22H36N4O.2ClH/c1-18(19-6-5-11-23-17-19)16-22(27)25(2)21-9-14-26(15-10-21)13-8-20-7-3-4-12-24-20;;/h3-4,7,12,18-19,21,23H,5-6,8-11,13-17H2,1-2H3;2*1H. The quantitative estimate of drug-likeness (QED) is 0.699. The van der Waals surface area contributed by atoms with E-state index in [1.807, 2.05) is 24.2 Å². The molecule has 0 bridgehead atoms. The number of nitrogens with one attached hydrogen (secondary N) is 1. The monoisotopic (exact) mass is 444 g/mol. The van der Waals surface area contributed by atoms with Crippen molar-refractivity contribution in [3.05, 3.63) is 30.1 Å². The highest BCUT2D eigenvalue weighted by Crippen LogP contribution is 2.24. The lowest BCUT2D eigenvalue weighted by Crippen LogP contribution is -2.46. The van der Waals surface area contributed by atoms with E-state index in [1.54, 1.807) is 0 Å². The number of piperidine rings is 2. The minimum absolute atomic E-state index is 0. The Morgan fingerprint density at radius 1 is 1.28 bits per heavy atom. The molecule has 0 saturated carbocycles. The Hall–Kier alpha value is -0.880. The number of carbonyl (C=O) groups excluding carboxylic acids is 1. The Labute approximate surface area is 188 Å². The number of hydrogen-bond acceptors (Lipinski definition) is 4. The van der Waals surface area contributed by atoms with E-state index in [0.717, 1.165) is 57.7 Å². The number of carbonyl (C=O) groups is 1. The van der Waals surface area contributed by atoms with Crippen molar-refractivity contribution in [1.29, 1.82) is 0 Å². The number of hydrogen-bond donors (Lipinski definition) is 1. The van der Waals surface area contributed by atoms with Gasteiger partial charge in [-0.15, -0.1) is 24.8 Å². The van der Waals surface area contributed by atoms with Gasteiger partial charge >= 0.3 is 0 Å². The summed E-state index contributed by atoms with van der Waals surface area (Å²) in [7, 11) is 2.02. The molecule has 2 unspecified atom stereocenters. The molecule has 0 aromatic carbocycles. The average molecular weight is 445 g/mol. The first-order chi connectivity index (χ1) is 13.1. The molecule has 29 heavy (non-hydrogen) atoms. The molecule has 3 heterocycles. The second kappa shape index (κ2) is 13.4. The van der Waals surface area contributed by atoms with Crippen molar-refractivity contribution in [3.63, 3.8) is 0 Å². The van der Waals surface area contributed by atoms with Crippen molar-refractivity contribution in [2.75, 3.05) is 39.8 Å². The lowest BCUT2D eigenvalue weighted by atomic mass is 9.85. The maximum Gasteiger partial charge on any atom is 0.222 e. The molecule has 1 aromatic heterocycles. The van der Waals surface area contributed by atoms with Crippen LogP contribution in [0.15, 0.2) is 24.4 Å². The fourth-order valence-corrected chi connectivity index (χ4v) is 4.50. The SMILES string of the molecule is CC(CC(=O)N(C)C1CCN(CCc2ccccn2)CC1)C1CCCNC1.Cl.Cl. The van der Waals surface area contributed by atoms with Crippen molar-refractivity contribution < 1.29 is 4.79 Å². The van der Waals surface area contributed by atoms with E-state index < -0.39 is 0 Å². The molecule has 3 rings (SSSR count). The summed E-state index contributed by atoms with van der Waals surface area (Å²) < 4.78 is 0. The van der Waals surface area contributed by atoms with Gasteiger partial charge in [0.2, 0.25) is 5.91 Å². The molecule has 2 aliphatic heterocycles. The predicted molar refractivity (Wildman–Crippen MR) is 124 cm³/mol. The summed E-state index contributed by atoms with van der Waals surface area (Å²) in [6.45, 7) is 7.69. The number of pyridine rings is 1. The molecule has 1 N–H and O–H groups in total. The summed E-state index contributed by atoms with van der Waals surface area (Å²) in [4.78, 5) is 21.7. The number of halogens is 2. The van der Waals surface area contributed by atoms with E-state index in [1.165, 1.54) is 12.8 Å². The van der Waals surface area contributed by atoms with Crippen molar-refractivity contribution in [2.24, 2.45) is 11.8 Å². The molecule has 0 radical (unpaired) electrons. The summed E-state index contributed by atoms with van der Waals surface area (Å²) in [6, 6.07) is 6.52. The highest BCUT2D eigenvalue weighted by molar-refractivity contribution is 5.85. The third-order valence-corrected chi connectivity index (χ3v) is 6.54. The maximum atomic E-state index is 12.8. The van der Waals surface area contributed by atoms with Crippen LogP contribution in [0.4, 0.5) is 0 Å².